The van der Waals surface area contributed by atoms with Gasteiger partial charge < -0.3 is 9.15 Å². The average Bonchev–Trinajstić information content (AvgIpc) is 2.79. The van der Waals surface area contributed by atoms with Crippen LogP contribution in [-0.2, 0) is 6.61 Å². The Hall–Kier alpha value is -1.55. The van der Waals surface area contributed by atoms with E-state index in [1.165, 1.54) is 0 Å². The predicted octanol–water partition coefficient (Wildman–Crippen LogP) is 3.43. The topological polar surface area (TPSA) is 39.4 Å². The van der Waals surface area contributed by atoms with Crippen LogP contribution < -0.4 is 4.74 Å². The van der Waals surface area contributed by atoms with Crippen LogP contribution in [0.3, 0.4) is 0 Å². The number of carbonyl (C=O) groups is 1. The second-order valence-electron chi connectivity index (χ2n) is 3.17. The molecule has 0 amide bonds. The van der Waals surface area contributed by atoms with Gasteiger partial charge in [0.2, 0.25) is 0 Å². The van der Waals surface area contributed by atoms with E-state index in [1.54, 1.807) is 24.5 Å². The summed E-state index contributed by atoms with van der Waals surface area (Å²) in [6, 6.07) is 8.86. The molecule has 0 bridgehead atoms. The van der Waals surface area contributed by atoms with Crippen LogP contribution in [0.2, 0.25) is 0 Å². The fourth-order valence-corrected chi connectivity index (χ4v) is 1.69. The van der Waals surface area contributed by atoms with Crippen molar-refractivity contribution in [3.63, 3.8) is 0 Å². The molecular formula is C12H9BrO3. The number of hydrogen-bond donors (Lipinski definition) is 0. The maximum Gasteiger partial charge on any atom is 0.151 e. The van der Waals surface area contributed by atoms with Crippen LogP contribution in [0.1, 0.15) is 16.1 Å². The zero-order valence-corrected chi connectivity index (χ0v) is 9.94. The van der Waals surface area contributed by atoms with Gasteiger partial charge in [-0.05, 0) is 46.3 Å². The van der Waals surface area contributed by atoms with Gasteiger partial charge in [0.1, 0.15) is 18.1 Å². The number of ether oxygens (including phenoxy) is 1. The first kappa shape index (κ1) is 11.0. The highest BCUT2D eigenvalue weighted by molar-refractivity contribution is 9.10. The molecule has 1 heterocycles. The number of aldehydes is 1. The lowest BCUT2D eigenvalue weighted by Gasteiger charge is -2.05. The second kappa shape index (κ2) is 4.99. The summed E-state index contributed by atoms with van der Waals surface area (Å²) >= 11 is 3.29. The van der Waals surface area contributed by atoms with Crippen LogP contribution in [0.5, 0.6) is 5.75 Å². The Morgan fingerprint density at radius 3 is 2.88 bits per heavy atom. The third kappa shape index (κ3) is 2.52. The van der Waals surface area contributed by atoms with Gasteiger partial charge in [0.25, 0.3) is 0 Å². The van der Waals surface area contributed by atoms with Crippen molar-refractivity contribution in [2.45, 2.75) is 6.61 Å². The number of rotatable bonds is 4. The molecule has 1 aromatic heterocycles. The Morgan fingerprint density at radius 1 is 1.38 bits per heavy atom. The van der Waals surface area contributed by atoms with Gasteiger partial charge in [-0.15, -0.1) is 0 Å². The van der Waals surface area contributed by atoms with E-state index in [1.807, 2.05) is 12.1 Å². The molecule has 0 unspecified atom stereocenters. The quantitative estimate of drug-likeness (QED) is 0.806. The lowest BCUT2D eigenvalue weighted by atomic mass is 10.2. The normalized spacial score (nSPS) is 10.1. The van der Waals surface area contributed by atoms with Crippen LogP contribution in [-0.4, -0.2) is 6.29 Å². The molecule has 1 aromatic carbocycles. The Kier molecular flexibility index (Phi) is 3.41. The van der Waals surface area contributed by atoms with Crippen molar-refractivity contribution >= 4 is 22.2 Å². The molecule has 0 radical (unpaired) electrons. The number of halogens is 1. The Labute approximate surface area is 101 Å². The predicted molar refractivity (Wildman–Crippen MR) is 62.6 cm³/mol. The van der Waals surface area contributed by atoms with Gasteiger partial charge in [-0.25, -0.2) is 0 Å². The van der Waals surface area contributed by atoms with Crippen LogP contribution in [0.25, 0.3) is 0 Å². The fourth-order valence-electron chi connectivity index (χ4n) is 1.24. The van der Waals surface area contributed by atoms with E-state index >= 15 is 0 Å². The highest BCUT2D eigenvalue weighted by atomic mass is 79.9. The zero-order valence-electron chi connectivity index (χ0n) is 8.35. The lowest BCUT2D eigenvalue weighted by molar-refractivity contribution is 0.112. The molecular weight excluding hydrogens is 272 g/mol. The molecule has 0 atom stereocenters. The summed E-state index contributed by atoms with van der Waals surface area (Å²) in [4.78, 5) is 10.6. The maximum atomic E-state index is 10.6. The van der Waals surface area contributed by atoms with Crippen LogP contribution >= 0.6 is 15.9 Å². The lowest BCUT2D eigenvalue weighted by Crippen LogP contribution is -1.94. The molecule has 0 fully saturated rings. The molecule has 0 saturated heterocycles. The van der Waals surface area contributed by atoms with Crippen molar-refractivity contribution in [1.82, 2.24) is 0 Å². The van der Waals surface area contributed by atoms with Crippen molar-refractivity contribution in [1.29, 1.82) is 0 Å². The van der Waals surface area contributed by atoms with Crippen LogP contribution in [0, 0.1) is 0 Å². The molecule has 0 spiro atoms. The number of benzene rings is 1. The van der Waals surface area contributed by atoms with Gasteiger partial charge in [0, 0.05) is 10.0 Å². The monoisotopic (exact) mass is 280 g/mol. The summed E-state index contributed by atoms with van der Waals surface area (Å²) in [6.07, 6.45) is 2.39. The molecule has 0 N–H and O–H groups in total. The van der Waals surface area contributed by atoms with E-state index in [4.69, 9.17) is 9.15 Å². The third-order valence-electron chi connectivity index (χ3n) is 2.06. The van der Waals surface area contributed by atoms with E-state index in [2.05, 4.69) is 15.9 Å². The van der Waals surface area contributed by atoms with Gasteiger partial charge in [0.05, 0.1) is 6.26 Å². The van der Waals surface area contributed by atoms with Crippen molar-refractivity contribution < 1.29 is 13.9 Å². The molecule has 82 valence electrons. The molecule has 0 saturated carbocycles. The fraction of sp³-hybridized carbons (Fsp3) is 0.0833. The van der Waals surface area contributed by atoms with Crippen molar-refractivity contribution in [2.75, 3.05) is 0 Å². The van der Waals surface area contributed by atoms with Gasteiger partial charge in [-0.1, -0.05) is 0 Å². The minimum atomic E-state index is 0.375. The van der Waals surface area contributed by atoms with Crippen molar-refractivity contribution in [2.24, 2.45) is 0 Å². The first-order chi connectivity index (χ1) is 7.79. The molecule has 16 heavy (non-hydrogen) atoms. The van der Waals surface area contributed by atoms with E-state index < -0.39 is 0 Å². The summed E-state index contributed by atoms with van der Waals surface area (Å²) in [6.45, 7) is 0.375. The summed E-state index contributed by atoms with van der Waals surface area (Å²) in [7, 11) is 0. The standard InChI is InChI=1S/C12H9BrO3/c13-12-6-10(4-3-9(12)7-14)16-8-11-2-1-5-15-11/h1-7H,8H2. The highest BCUT2D eigenvalue weighted by Crippen LogP contribution is 2.22. The Balaban J connectivity index is 2.05. The number of carbonyl (C=O) groups excluding carboxylic acids is 1. The van der Waals surface area contributed by atoms with Crippen molar-refractivity contribution in [3.8, 4) is 5.75 Å². The average molecular weight is 281 g/mol. The first-order valence-corrected chi connectivity index (χ1v) is 5.49. The maximum absolute atomic E-state index is 10.6. The van der Waals surface area contributed by atoms with Gasteiger partial charge in [-0.3, -0.25) is 4.79 Å². The van der Waals surface area contributed by atoms with Gasteiger partial charge in [-0.2, -0.15) is 0 Å². The summed E-state index contributed by atoms with van der Waals surface area (Å²) in [5.74, 6) is 1.45. The summed E-state index contributed by atoms with van der Waals surface area (Å²) in [5.41, 5.74) is 0.602. The number of hydrogen-bond acceptors (Lipinski definition) is 3. The Bertz CT molecular complexity index is 477. The summed E-state index contributed by atoms with van der Waals surface area (Å²) < 4.78 is 11.4. The molecule has 0 aliphatic carbocycles. The van der Waals surface area contributed by atoms with Crippen LogP contribution in [0.4, 0.5) is 0 Å². The number of furan rings is 1. The van der Waals surface area contributed by atoms with E-state index in [0.29, 0.717) is 17.9 Å². The van der Waals surface area contributed by atoms with Gasteiger partial charge >= 0.3 is 0 Å². The van der Waals surface area contributed by atoms with Crippen molar-refractivity contribution in [3.05, 3.63) is 52.4 Å². The van der Waals surface area contributed by atoms with E-state index in [9.17, 15) is 4.79 Å². The van der Waals surface area contributed by atoms with Gasteiger partial charge in [0.15, 0.2) is 6.29 Å². The molecule has 2 rings (SSSR count). The molecule has 2 aromatic rings. The smallest absolute Gasteiger partial charge is 0.151 e. The SMILES string of the molecule is O=Cc1ccc(OCc2ccco2)cc1Br. The largest absolute Gasteiger partial charge is 0.486 e. The van der Waals surface area contributed by atoms with E-state index in [-0.39, 0.29) is 0 Å². The molecule has 0 aliphatic heterocycles. The van der Waals surface area contributed by atoms with Crippen LogP contribution in [0.15, 0.2) is 45.5 Å². The van der Waals surface area contributed by atoms with E-state index in [0.717, 1.165) is 16.5 Å². The second-order valence-corrected chi connectivity index (χ2v) is 4.02. The Morgan fingerprint density at radius 2 is 2.25 bits per heavy atom. The highest BCUT2D eigenvalue weighted by Gasteiger charge is 2.02. The minimum absolute atomic E-state index is 0.375. The minimum Gasteiger partial charge on any atom is -0.486 e. The third-order valence-corrected chi connectivity index (χ3v) is 2.75. The molecule has 3 nitrogen and oxygen atoms in total. The summed E-state index contributed by atoms with van der Waals surface area (Å²) in [5, 5.41) is 0. The molecule has 0 aliphatic rings. The first-order valence-electron chi connectivity index (χ1n) is 4.69. The molecule has 4 heteroatoms. The zero-order chi connectivity index (χ0) is 11.4.